The van der Waals surface area contributed by atoms with Crippen molar-refractivity contribution in [2.24, 2.45) is 11.8 Å². The summed E-state index contributed by atoms with van der Waals surface area (Å²) in [6.45, 7) is 1.75. The molecule has 2 nitrogen and oxygen atoms in total. The van der Waals surface area contributed by atoms with Crippen molar-refractivity contribution in [2.45, 2.75) is 31.8 Å². The first kappa shape index (κ1) is 12.0. The molecule has 3 atom stereocenters. The van der Waals surface area contributed by atoms with Gasteiger partial charge < -0.3 is 10.1 Å². The van der Waals surface area contributed by atoms with Gasteiger partial charge in [-0.05, 0) is 42.4 Å². The van der Waals surface area contributed by atoms with E-state index in [2.05, 4.69) is 45.5 Å². The summed E-state index contributed by atoms with van der Waals surface area (Å²) >= 11 is 3.60. The summed E-state index contributed by atoms with van der Waals surface area (Å²) < 4.78 is 6.95. The van der Waals surface area contributed by atoms with E-state index in [1.165, 1.54) is 28.4 Å². The van der Waals surface area contributed by atoms with Crippen LogP contribution in [0.3, 0.4) is 0 Å². The number of rotatable bonds is 3. The summed E-state index contributed by atoms with van der Waals surface area (Å²) in [5.41, 5.74) is 2.64. The van der Waals surface area contributed by atoms with Crippen molar-refractivity contribution in [3.8, 4) is 5.75 Å². The van der Waals surface area contributed by atoms with Crippen molar-refractivity contribution >= 4 is 15.9 Å². The summed E-state index contributed by atoms with van der Waals surface area (Å²) in [6, 6.07) is 5.04. The molecule has 1 aromatic carbocycles. The average molecular weight is 320 g/mol. The number of halogens is 1. The highest BCUT2D eigenvalue weighted by Gasteiger charge is 2.40. The van der Waals surface area contributed by atoms with Crippen molar-refractivity contribution in [3.63, 3.8) is 0 Å². The van der Waals surface area contributed by atoms with Crippen LogP contribution in [-0.4, -0.2) is 12.6 Å². The molecule has 0 aromatic heterocycles. The summed E-state index contributed by atoms with van der Waals surface area (Å²) in [5, 5.41) is 3.71. The Hall–Kier alpha value is -0.800. The Balaban J connectivity index is 1.47. The van der Waals surface area contributed by atoms with E-state index in [0.29, 0.717) is 6.04 Å². The van der Waals surface area contributed by atoms with Gasteiger partial charge in [0.1, 0.15) is 5.75 Å². The zero-order chi connectivity index (χ0) is 12.8. The van der Waals surface area contributed by atoms with Gasteiger partial charge in [-0.15, -0.1) is 0 Å². The number of hydrogen-bond donors (Lipinski definition) is 1. The Bertz CT molecular complexity index is 540. The van der Waals surface area contributed by atoms with Crippen LogP contribution >= 0.6 is 15.9 Å². The fourth-order valence-corrected chi connectivity index (χ4v) is 4.22. The molecule has 1 fully saturated rings. The molecule has 1 saturated carbocycles. The highest BCUT2D eigenvalue weighted by atomic mass is 79.9. The van der Waals surface area contributed by atoms with Gasteiger partial charge >= 0.3 is 0 Å². The lowest BCUT2D eigenvalue weighted by Crippen LogP contribution is -2.47. The minimum Gasteiger partial charge on any atom is -0.493 e. The maximum Gasteiger partial charge on any atom is 0.127 e. The summed E-state index contributed by atoms with van der Waals surface area (Å²) in [7, 11) is 0. The Morgan fingerprint density at radius 2 is 2.32 bits per heavy atom. The third-order valence-electron chi connectivity index (χ3n) is 4.74. The van der Waals surface area contributed by atoms with Crippen LogP contribution in [0.4, 0.5) is 0 Å². The normalized spacial score (nSPS) is 30.7. The molecule has 1 aromatic rings. The van der Waals surface area contributed by atoms with Crippen molar-refractivity contribution in [2.75, 3.05) is 6.61 Å². The molecule has 0 bridgehead atoms. The van der Waals surface area contributed by atoms with Gasteiger partial charge in [-0.2, -0.15) is 0 Å². The number of nitrogens with one attached hydrogen (secondary N) is 1. The number of allylic oxidation sites excluding steroid dienone is 1. The van der Waals surface area contributed by atoms with Gasteiger partial charge in [0.25, 0.3) is 0 Å². The van der Waals surface area contributed by atoms with Crippen LogP contribution in [0.2, 0.25) is 0 Å². The molecule has 1 heterocycles. The molecule has 0 spiro atoms. The summed E-state index contributed by atoms with van der Waals surface area (Å²) in [4.78, 5) is 0. The second-order valence-corrected chi connectivity index (χ2v) is 6.79. The SMILES string of the molecule is Brc1cc2c(c(CNC3CC4CC=CC43)c1)OCC2. The van der Waals surface area contributed by atoms with Crippen LogP contribution in [0.1, 0.15) is 24.0 Å². The van der Waals surface area contributed by atoms with Gasteiger partial charge in [0.2, 0.25) is 0 Å². The molecular formula is C16H18BrNO. The zero-order valence-electron chi connectivity index (χ0n) is 10.9. The lowest BCUT2D eigenvalue weighted by Gasteiger charge is -2.40. The molecule has 0 amide bonds. The van der Waals surface area contributed by atoms with E-state index in [-0.39, 0.29) is 0 Å². The van der Waals surface area contributed by atoms with E-state index in [0.717, 1.165) is 37.2 Å². The van der Waals surface area contributed by atoms with E-state index < -0.39 is 0 Å². The number of ether oxygens (including phenoxy) is 1. The molecule has 3 heteroatoms. The van der Waals surface area contributed by atoms with Crippen molar-refractivity contribution in [1.82, 2.24) is 5.32 Å². The molecular weight excluding hydrogens is 302 g/mol. The third kappa shape index (κ3) is 2.03. The molecule has 3 aliphatic rings. The van der Waals surface area contributed by atoms with Crippen LogP contribution < -0.4 is 10.1 Å². The van der Waals surface area contributed by atoms with Gasteiger partial charge in [-0.25, -0.2) is 0 Å². The Morgan fingerprint density at radius 1 is 1.37 bits per heavy atom. The molecule has 1 N–H and O–H groups in total. The Kier molecular flexibility index (Phi) is 2.92. The van der Waals surface area contributed by atoms with E-state index in [1.54, 1.807) is 0 Å². The van der Waals surface area contributed by atoms with Gasteiger partial charge in [0.05, 0.1) is 6.61 Å². The van der Waals surface area contributed by atoms with Crippen molar-refractivity contribution < 1.29 is 4.74 Å². The van der Waals surface area contributed by atoms with Crippen LogP contribution in [-0.2, 0) is 13.0 Å². The Labute approximate surface area is 122 Å². The molecule has 3 unspecified atom stereocenters. The molecule has 19 heavy (non-hydrogen) atoms. The van der Waals surface area contributed by atoms with Gasteiger partial charge in [-0.1, -0.05) is 28.1 Å². The fourth-order valence-electron chi connectivity index (χ4n) is 3.67. The molecule has 100 valence electrons. The molecule has 1 aliphatic heterocycles. The van der Waals surface area contributed by atoms with Crippen LogP contribution in [0.25, 0.3) is 0 Å². The highest BCUT2D eigenvalue weighted by Crippen LogP contribution is 2.43. The minimum absolute atomic E-state index is 0.666. The molecule has 2 aliphatic carbocycles. The lowest BCUT2D eigenvalue weighted by atomic mass is 9.71. The summed E-state index contributed by atoms with van der Waals surface area (Å²) in [6.07, 6.45) is 8.40. The molecule has 0 saturated heterocycles. The van der Waals surface area contributed by atoms with Gasteiger partial charge in [-0.3, -0.25) is 0 Å². The van der Waals surface area contributed by atoms with Gasteiger partial charge in [0.15, 0.2) is 0 Å². The maximum absolute atomic E-state index is 5.78. The zero-order valence-corrected chi connectivity index (χ0v) is 12.4. The first-order chi connectivity index (χ1) is 9.31. The number of fused-ring (bicyclic) bond motifs is 2. The Morgan fingerprint density at radius 3 is 3.21 bits per heavy atom. The third-order valence-corrected chi connectivity index (χ3v) is 5.20. The van der Waals surface area contributed by atoms with E-state index in [9.17, 15) is 0 Å². The van der Waals surface area contributed by atoms with Crippen LogP contribution in [0.15, 0.2) is 28.8 Å². The first-order valence-electron chi connectivity index (χ1n) is 7.15. The average Bonchev–Trinajstić information content (AvgIpc) is 2.96. The predicted octanol–water partition coefficient (Wildman–Crippen LogP) is 3.44. The maximum atomic E-state index is 5.78. The molecule has 0 radical (unpaired) electrons. The van der Waals surface area contributed by atoms with Crippen LogP contribution in [0.5, 0.6) is 5.75 Å². The second-order valence-electron chi connectivity index (χ2n) is 5.88. The van der Waals surface area contributed by atoms with Crippen molar-refractivity contribution in [3.05, 3.63) is 39.9 Å². The van der Waals surface area contributed by atoms with E-state index in [1.807, 2.05) is 0 Å². The topological polar surface area (TPSA) is 21.3 Å². The minimum atomic E-state index is 0.666. The van der Waals surface area contributed by atoms with E-state index >= 15 is 0 Å². The smallest absolute Gasteiger partial charge is 0.127 e. The first-order valence-corrected chi connectivity index (χ1v) is 7.95. The van der Waals surface area contributed by atoms with Gasteiger partial charge in [0, 0.05) is 29.0 Å². The molecule has 4 rings (SSSR count). The number of hydrogen-bond acceptors (Lipinski definition) is 2. The standard InChI is InChI=1S/C16H18BrNO/c17-13-6-11-4-5-19-16(11)12(7-13)9-18-15-8-10-2-1-3-14(10)15/h1,3,6-7,10,14-15,18H,2,4-5,8-9H2. The number of benzene rings is 1. The monoisotopic (exact) mass is 319 g/mol. The second kappa shape index (κ2) is 4.64. The summed E-state index contributed by atoms with van der Waals surface area (Å²) in [5.74, 6) is 2.82. The van der Waals surface area contributed by atoms with Crippen molar-refractivity contribution in [1.29, 1.82) is 0 Å². The lowest BCUT2D eigenvalue weighted by molar-refractivity contribution is 0.162. The largest absolute Gasteiger partial charge is 0.493 e. The predicted molar refractivity (Wildman–Crippen MR) is 79.3 cm³/mol. The van der Waals surface area contributed by atoms with Crippen LogP contribution in [0, 0.1) is 11.8 Å². The fraction of sp³-hybridized carbons (Fsp3) is 0.500. The quantitative estimate of drug-likeness (QED) is 0.862. The highest BCUT2D eigenvalue weighted by molar-refractivity contribution is 9.10. The van der Waals surface area contributed by atoms with E-state index in [4.69, 9.17) is 4.74 Å².